The number of hydrogen-bond donors (Lipinski definition) is 1. The van der Waals surface area contributed by atoms with Crippen molar-refractivity contribution < 1.29 is 9.53 Å². The van der Waals surface area contributed by atoms with Crippen molar-refractivity contribution in [3.63, 3.8) is 0 Å². The maximum Gasteiger partial charge on any atom is 0.327 e. The lowest BCUT2D eigenvalue weighted by atomic mass is 10.0. The Morgan fingerprint density at radius 3 is 2.88 bits per heavy atom. The Balaban J connectivity index is 2.14. The molecule has 1 aromatic rings. The Labute approximate surface area is 101 Å². The molecule has 1 N–H and O–H groups in total. The largest absolute Gasteiger partial charge is 0.468 e. The molecule has 1 aromatic heterocycles. The highest BCUT2D eigenvalue weighted by molar-refractivity contribution is 5.80. The lowest BCUT2D eigenvalue weighted by Crippen LogP contribution is -2.54. The average Bonchev–Trinajstić information content (AvgIpc) is 3.02. The molecule has 0 bridgehead atoms. The number of nitrogens with zero attached hydrogens (tertiary/aromatic N) is 2. The molecule has 17 heavy (non-hydrogen) atoms. The van der Waals surface area contributed by atoms with Gasteiger partial charge in [-0.05, 0) is 32.8 Å². The molecular weight excluding hydrogens is 218 g/mol. The van der Waals surface area contributed by atoms with E-state index in [1.807, 2.05) is 24.6 Å². The number of ether oxygens (including phenoxy) is 1. The molecular formula is C12H19N3O2. The monoisotopic (exact) mass is 237 g/mol. The van der Waals surface area contributed by atoms with Crippen LogP contribution < -0.4 is 5.32 Å². The highest BCUT2D eigenvalue weighted by atomic mass is 16.5. The lowest BCUT2D eigenvalue weighted by Gasteiger charge is -2.28. The third kappa shape index (κ3) is 2.66. The van der Waals surface area contributed by atoms with Crippen molar-refractivity contribution in [2.45, 2.75) is 44.8 Å². The van der Waals surface area contributed by atoms with Crippen LogP contribution in [0.1, 0.15) is 25.5 Å². The van der Waals surface area contributed by atoms with Crippen LogP contribution >= 0.6 is 0 Å². The van der Waals surface area contributed by atoms with E-state index in [4.69, 9.17) is 4.74 Å². The highest BCUT2D eigenvalue weighted by Crippen LogP contribution is 2.24. The van der Waals surface area contributed by atoms with Gasteiger partial charge >= 0.3 is 5.97 Å². The van der Waals surface area contributed by atoms with Crippen molar-refractivity contribution in [2.75, 3.05) is 7.11 Å². The zero-order valence-electron chi connectivity index (χ0n) is 10.6. The number of esters is 1. The molecule has 0 aliphatic heterocycles. The van der Waals surface area contributed by atoms with E-state index in [1.165, 1.54) is 7.11 Å². The second kappa shape index (κ2) is 4.49. The molecule has 1 fully saturated rings. The Kier molecular flexibility index (Phi) is 3.19. The maximum absolute atomic E-state index is 11.9. The predicted octanol–water partition coefficient (Wildman–Crippen LogP) is 0.875. The standard InChI is InChI=1S/C12H19N3O2/c1-9-6-7-13-15(9)8-12(2,11(16)17-3)14-10-4-5-10/h6-7,10,14H,4-5,8H2,1-3H3. The van der Waals surface area contributed by atoms with Crippen LogP contribution in [0.15, 0.2) is 12.3 Å². The van der Waals surface area contributed by atoms with Gasteiger partial charge in [0.2, 0.25) is 0 Å². The van der Waals surface area contributed by atoms with Gasteiger partial charge in [0.05, 0.1) is 13.7 Å². The van der Waals surface area contributed by atoms with Crippen molar-refractivity contribution in [1.29, 1.82) is 0 Å². The number of methoxy groups -OCH3 is 1. The average molecular weight is 237 g/mol. The molecule has 94 valence electrons. The van der Waals surface area contributed by atoms with Gasteiger partial charge in [-0.25, -0.2) is 4.79 Å². The second-order valence-electron chi connectivity index (χ2n) is 4.87. The van der Waals surface area contributed by atoms with Crippen LogP contribution in [0, 0.1) is 6.92 Å². The quantitative estimate of drug-likeness (QED) is 0.772. The Morgan fingerprint density at radius 1 is 1.71 bits per heavy atom. The molecule has 1 heterocycles. The van der Waals surface area contributed by atoms with Crippen LogP contribution in [-0.4, -0.2) is 34.4 Å². The van der Waals surface area contributed by atoms with Gasteiger partial charge in [-0.3, -0.25) is 10.00 Å². The molecule has 0 aromatic carbocycles. The van der Waals surface area contributed by atoms with Gasteiger partial charge in [0.15, 0.2) is 0 Å². The fraction of sp³-hybridized carbons (Fsp3) is 0.667. The number of carbonyl (C=O) groups is 1. The van der Waals surface area contributed by atoms with E-state index in [1.54, 1.807) is 6.20 Å². The van der Waals surface area contributed by atoms with E-state index in [2.05, 4.69) is 10.4 Å². The lowest BCUT2D eigenvalue weighted by molar-refractivity contribution is -0.148. The normalized spacial score (nSPS) is 18.8. The summed E-state index contributed by atoms with van der Waals surface area (Å²) in [5.41, 5.74) is 0.338. The summed E-state index contributed by atoms with van der Waals surface area (Å²) in [6, 6.07) is 2.37. The maximum atomic E-state index is 11.9. The Bertz CT molecular complexity index is 412. The van der Waals surface area contributed by atoms with E-state index in [0.717, 1.165) is 18.5 Å². The number of aromatic nitrogens is 2. The minimum Gasteiger partial charge on any atom is -0.468 e. The first-order valence-electron chi connectivity index (χ1n) is 5.90. The summed E-state index contributed by atoms with van der Waals surface area (Å²) in [4.78, 5) is 11.9. The topological polar surface area (TPSA) is 56.2 Å². The van der Waals surface area contributed by atoms with E-state index in [0.29, 0.717) is 12.6 Å². The molecule has 0 spiro atoms. The summed E-state index contributed by atoms with van der Waals surface area (Å²) in [7, 11) is 1.42. The molecule has 1 aliphatic carbocycles. The van der Waals surface area contributed by atoms with Crippen molar-refractivity contribution in [3.05, 3.63) is 18.0 Å². The van der Waals surface area contributed by atoms with Crippen molar-refractivity contribution >= 4 is 5.97 Å². The zero-order valence-corrected chi connectivity index (χ0v) is 10.6. The predicted molar refractivity (Wildman–Crippen MR) is 63.5 cm³/mol. The van der Waals surface area contributed by atoms with E-state index in [9.17, 15) is 4.79 Å². The third-order valence-corrected chi connectivity index (χ3v) is 3.13. The molecule has 1 saturated carbocycles. The molecule has 0 amide bonds. The van der Waals surface area contributed by atoms with Gasteiger partial charge in [0.25, 0.3) is 0 Å². The first-order valence-corrected chi connectivity index (χ1v) is 5.90. The summed E-state index contributed by atoms with van der Waals surface area (Å²) in [5, 5.41) is 7.56. The van der Waals surface area contributed by atoms with Gasteiger partial charge in [-0.1, -0.05) is 0 Å². The van der Waals surface area contributed by atoms with Crippen LogP contribution in [-0.2, 0) is 16.1 Å². The Morgan fingerprint density at radius 2 is 2.41 bits per heavy atom. The molecule has 5 heteroatoms. The SMILES string of the molecule is COC(=O)C(C)(Cn1nccc1C)NC1CC1. The summed E-state index contributed by atoms with van der Waals surface area (Å²) in [6.45, 7) is 4.34. The van der Waals surface area contributed by atoms with Crippen LogP contribution in [0.4, 0.5) is 0 Å². The summed E-state index contributed by atoms with van der Waals surface area (Å²) < 4.78 is 6.72. The summed E-state index contributed by atoms with van der Waals surface area (Å²) >= 11 is 0. The number of carbonyl (C=O) groups excluding carboxylic acids is 1. The van der Waals surface area contributed by atoms with Crippen LogP contribution in [0.25, 0.3) is 0 Å². The first-order chi connectivity index (χ1) is 8.05. The molecule has 2 rings (SSSR count). The first kappa shape index (κ1) is 12.1. The van der Waals surface area contributed by atoms with Crippen LogP contribution in [0.2, 0.25) is 0 Å². The van der Waals surface area contributed by atoms with Gasteiger partial charge < -0.3 is 4.74 Å². The number of aryl methyl sites for hydroxylation is 1. The zero-order chi connectivity index (χ0) is 12.5. The van der Waals surface area contributed by atoms with Crippen molar-refractivity contribution in [3.8, 4) is 0 Å². The van der Waals surface area contributed by atoms with Gasteiger partial charge in [-0.15, -0.1) is 0 Å². The molecule has 1 aliphatic rings. The number of rotatable bonds is 5. The minimum atomic E-state index is -0.702. The van der Waals surface area contributed by atoms with Crippen molar-refractivity contribution in [2.24, 2.45) is 0 Å². The fourth-order valence-electron chi connectivity index (χ4n) is 1.94. The fourth-order valence-corrected chi connectivity index (χ4v) is 1.94. The van der Waals surface area contributed by atoms with E-state index in [-0.39, 0.29) is 5.97 Å². The molecule has 5 nitrogen and oxygen atoms in total. The smallest absolute Gasteiger partial charge is 0.327 e. The third-order valence-electron chi connectivity index (χ3n) is 3.13. The summed E-state index contributed by atoms with van der Waals surface area (Å²) in [5.74, 6) is -0.237. The van der Waals surface area contributed by atoms with Crippen LogP contribution in [0.5, 0.6) is 0 Å². The van der Waals surface area contributed by atoms with E-state index < -0.39 is 5.54 Å². The highest BCUT2D eigenvalue weighted by Gasteiger charge is 2.40. The van der Waals surface area contributed by atoms with Gasteiger partial charge in [0.1, 0.15) is 5.54 Å². The minimum absolute atomic E-state index is 0.237. The summed E-state index contributed by atoms with van der Waals surface area (Å²) in [6.07, 6.45) is 4.00. The van der Waals surface area contributed by atoms with Gasteiger partial charge in [0, 0.05) is 17.9 Å². The molecule has 0 saturated heterocycles. The van der Waals surface area contributed by atoms with Crippen LogP contribution in [0.3, 0.4) is 0 Å². The van der Waals surface area contributed by atoms with Crippen molar-refractivity contribution in [1.82, 2.24) is 15.1 Å². The Hall–Kier alpha value is -1.36. The number of hydrogen-bond acceptors (Lipinski definition) is 4. The number of nitrogens with one attached hydrogen (secondary N) is 1. The molecule has 1 unspecified atom stereocenters. The molecule has 1 atom stereocenters. The van der Waals surface area contributed by atoms with E-state index >= 15 is 0 Å². The second-order valence-corrected chi connectivity index (χ2v) is 4.87. The molecule has 0 radical (unpaired) electrons. The van der Waals surface area contributed by atoms with Gasteiger partial charge in [-0.2, -0.15) is 5.10 Å².